The van der Waals surface area contributed by atoms with Crippen LogP contribution in [0, 0.1) is 0 Å². The zero-order chi connectivity index (χ0) is 9.80. The molecule has 5 heteroatoms. The number of rotatable bonds is 2. The van der Waals surface area contributed by atoms with Crippen molar-refractivity contribution >= 4 is 6.09 Å². The molecule has 2 rings (SSSR count). The lowest BCUT2D eigenvalue weighted by atomic mass is 10.3. The first kappa shape index (κ1) is 9.05. The van der Waals surface area contributed by atoms with Gasteiger partial charge in [0.2, 0.25) is 5.88 Å². The zero-order valence-electron chi connectivity index (χ0n) is 7.82. The van der Waals surface area contributed by atoms with Crippen LogP contribution in [0.5, 0.6) is 5.88 Å². The predicted octanol–water partition coefficient (Wildman–Crippen LogP) is 1.44. The predicted molar refractivity (Wildman–Crippen MR) is 50.0 cm³/mol. The fraction of sp³-hybridized carbons (Fsp3) is 0.556. The minimum atomic E-state index is -0.413. The summed E-state index contributed by atoms with van der Waals surface area (Å²) in [5.74, 6) is 0.306. The Bertz CT molecular complexity index is 291. The molecule has 2 N–H and O–H groups in total. The van der Waals surface area contributed by atoms with E-state index in [0.717, 1.165) is 12.8 Å². The van der Waals surface area contributed by atoms with Gasteiger partial charge in [-0.05, 0) is 12.8 Å². The molecule has 1 aromatic rings. The van der Waals surface area contributed by atoms with Crippen molar-refractivity contribution < 1.29 is 9.53 Å². The topological polar surface area (TPSA) is 67.0 Å². The van der Waals surface area contributed by atoms with Gasteiger partial charge in [-0.2, -0.15) is 0 Å². The zero-order valence-corrected chi connectivity index (χ0v) is 7.82. The van der Waals surface area contributed by atoms with E-state index in [1.165, 1.54) is 12.8 Å². The molecular weight excluding hydrogens is 182 g/mol. The van der Waals surface area contributed by atoms with Gasteiger partial charge in [0.25, 0.3) is 0 Å². The molecule has 1 saturated carbocycles. The van der Waals surface area contributed by atoms with Crippen LogP contribution in [0.2, 0.25) is 0 Å². The summed E-state index contributed by atoms with van der Waals surface area (Å²) in [6, 6.07) is 1.88. The number of hydrogen-bond acceptors (Lipinski definition) is 3. The van der Waals surface area contributed by atoms with Gasteiger partial charge in [0.05, 0.1) is 0 Å². The first-order chi connectivity index (χ1) is 6.84. The van der Waals surface area contributed by atoms with Crippen molar-refractivity contribution in [3.63, 3.8) is 0 Å². The third-order valence-electron chi connectivity index (χ3n) is 2.35. The Labute approximate surface area is 81.8 Å². The molecule has 0 radical (unpaired) electrons. The van der Waals surface area contributed by atoms with Gasteiger partial charge in [0, 0.05) is 18.3 Å². The van der Waals surface area contributed by atoms with Crippen LogP contribution in [0.1, 0.15) is 25.7 Å². The third-order valence-corrected chi connectivity index (χ3v) is 2.35. The lowest BCUT2D eigenvalue weighted by Crippen LogP contribution is -2.34. The molecule has 1 amide bonds. The van der Waals surface area contributed by atoms with Gasteiger partial charge < -0.3 is 10.1 Å². The number of ether oxygens (including phenoxy) is 1. The first-order valence-corrected chi connectivity index (χ1v) is 4.83. The van der Waals surface area contributed by atoms with Crippen LogP contribution < -0.4 is 10.1 Å². The van der Waals surface area contributed by atoms with E-state index in [0.29, 0.717) is 5.88 Å². The maximum Gasteiger partial charge on any atom is 0.414 e. The van der Waals surface area contributed by atoms with Crippen LogP contribution in [0.4, 0.5) is 4.79 Å². The monoisotopic (exact) mass is 195 g/mol. The molecule has 76 valence electrons. The second kappa shape index (κ2) is 4.13. The number of H-pyrrole nitrogens is 1. The molecule has 1 fully saturated rings. The van der Waals surface area contributed by atoms with Crippen LogP contribution in [0.15, 0.2) is 12.3 Å². The number of nitrogens with zero attached hydrogens (tertiary/aromatic N) is 1. The summed E-state index contributed by atoms with van der Waals surface area (Å²) in [7, 11) is 0. The second-order valence-electron chi connectivity index (χ2n) is 3.43. The number of carbonyl (C=O) groups excluding carboxylic acids is 1. The highest BCUT2D eigenvalue weighted by Crippen LogP contribution is 2.17. The molecule has 0 aromatic carbocycles. The second-order valence-corrected chi connectivity index (χ2v) is 3.43. The van der Waals surface area contributed by atoms with E-state index in [4.69, 9.17) is 4.74 Å². The molecule has 1 aromatic heterocycles. The van der Waals surface area contributed by atoms with Gasteiger partial charge in [0.15, 0.2) is 0 Å². The maximum absolute atomic E-state index is 11.3. The van der Waals surface area contributed by atoms with Gasteiger partial charge >= 0.3 is 6.09 Å². The molecule has 0 aliphatic heterocycles. The summed E-state index contributed by atoms with van der Waals surface area (Å²) < 4.78 is 4.92. The quantitative estimate of drug-likeness (QED) is 0.750. The van der Waals surface area contributed by atoms with Crippen LogP contribution >= 0.6 is 0 Å². The van der Waals surface area contributed by atoms with Crippen molar-refractivity contribution in [1.29, 1.82) is 0 Å². The number of nitrogens with one attached hydrogen (secondary N) is 2. The van der Waals surface area contributed by atoms with Crippen LogP contribution in [-0.2, 0) is 0 Å². The molecule has 1 aliphatic carbocycles. The summed E-state index contributed by atoms with van der Waals surface area (Å²) in [5, 5.41) is 9.10. The number of aromatic nitrogens is 2. The molecule has 0 saturated heterocycles. The minimum Gasteiger partial charge on any atom is -0.390 e. The molecule has 0 unspecified atom stereocenters. The van der Waals surface area contributed by atoms with E-state index in [2.05, 4.69) is 15.5 Å². The van der Waals surface area contributed by atoms with E-state index in [1.807, 2.05) is 0 Å². The Morgan fingerprint density at radius 2 is 2.36 bits per heavy atom. The SMILES string of the molecule is O=C(NC1CCCC1)Oc1cc[nH]n1. The summed E-state index contributed by atoms with van der Waals surface area (Å²) in [4.78, 5) is 11.3. The largest absolute Gasteiger partial charge is 0.414 e. The Hall–Kier alpha value is -1.52. The molecule has 5 nitrogen and oxygen atoms in total. The first-order valence-electron chi connectivity index (χ1n) is 4.83. The Morgan fingerprint density at radius 1 is 1.57 bits per heavy atom. The fourth-order valence-corrected chi connectivity index (χ4v) is 1.66. The van der Waals surface area contributed by atoms with Crippen molar-refractivity contribution in [3.05, 3.63) is 12.3 Å². The highest BCUT2D eigenvalue weighted by molar-refractivity contribution is 5.70. The van der Waals surface area contributed by atoms with Crippen LogP contribution in [0.3, 0.4) is 0 Å². The number of hydrogen-bond donors (Lipinski definition) is 2. The van der Waals surface area contributed by atoms with Crippen molar-refractivity contribution in [1.82, 2.24) is 15.5 Å². The Kier molecular flexibility index (Phi) is 2.67. The van der Waals surface area contributed by atoms with Gasteiger partial charge in [-0.25, -0.2) is 4.79 Å². The van der Waals surface area contributed by atoms with Gasteiger partial charge in [-0.1, -0.05) is 12.8 Å². The third kappa shape index (κ3) is 2.25. The summed E-state index contributed by atoms with van der Waals surface area (Å²) in [5.41, 5.74) is 0. The minimum absolute atomic E-state index is 0.279. The van der Waals surface area contributed by atoms with Crippen molar-refractivity contribution in [3.8, 4) is 5.88 Å². The van der Waals surface area contributed by atoms with Gasteiger partial charge in [0.1, 0.15) is 0 Å². The Balaban J connectivity index is 1.78. The van der Waals surface area contributed by atoms with Crippen molar-refractivity contribution in [2.24, 2.45) is 0 Å². The van der Waals surface area contributed by atoms with E-state index in [9.17, 15) is 4.79 Å². The summed E-state index contributed by atoms with van der Waals surface area (Å²) in [6.07, 6.45) is 5.67. The molecule has 14 heavy (non-hydrogen) atoms. The highest BCUT2D eigenvalue weighted by atomic mass is 16.6. The average molecular weight is 195 g/mol. The summed E-state index contributed by atoms with van der Waals surface area (Å²) in [6.45, 7) is 0. The number of aromatic amines is 1. The van der Waals surface area contributed by atoms with E-state index in [-0.39, 0.29) is 6.04 Å². The molecule has 0 spiro atoms. The van der Waals surface area contributed by atoms with Crippen LogP contribution in [0.25, 0.3) is 0 Å². The average Bonchev–Trinajstić information content (AvgIpc) is 2.76. The highest BCUT2D eigenvalue weighted by Gasteiger charge is 2.18. The lowest BCUT2D eigenvalue weighted by molar-refractivity contribution is 0.194. The van der Waals surface area contributed by atoms with Gasteiger partial charge in [-0.15, -0.1) is 5.10 Å². The normalized spacial score (nSPS) is 16.9. The number of amides is 1. The molecule has 1 heterocycles. The van der Waals surface area contributed by atoms with Crippen molar-refractivity contribution in [2.45, 2.75) is 31.7 Å². The maximum atomic E-state index is 11.3. The van der Waals surface area contributed by atoms with Gasteiger partial charge in [-0.3, -0.25) is 5.10 Å². The molecular formula is C9H13N3O2. The summed E-state index contributed by atoms with van der Waals surface area (Å²) >= 11 is 0. The standard InChI is InChI=1S/C9H13N3O2/c13-9(11-7-3-1-2-4-7)14-8-5-6-10-12-8/h5-7H,1-4H2,(H,10,12)(H,11,13). The van der Waals surface area contributed by atoms with E-state index >= 15 is 0 Å². The molecule has 0 atom stereocenters. The van der Waals surface area contributed by atoms with E-state index in [1.54, 1.807) is 12.3 Å². The molecule has 1 aliphatic rings. The Morgan fingerprint density at radius 3 is 3.00 bits per heavy atom. The van der Waals surface area contributed by atoms with Crippen molar-refractivity contribution in [2.75, 3.05) is 0 Å². The fourth-order valence-electron chi connectivity index (χ4n) is 1.66. The van der Waals surface area contributed by atoms with E-state index < -0.39 is 6.09 Å². The van der Waals surface area contributed by atoms with Crippen LogP contribution in [-0.4, -0.2) is 22.3 Å². The lowest BCUT2D eigenvalue weighted by Gasteiger charge is -2.10. The molecule has 0 bridgehead atoms. The number of carbonyl (C=O) groups is 1. The smallest absolute Gasteiger partial charge is 0.390 e.